The van der Waals surface area contributed by atoms with Crippen LogP contribution in [0.25, 0.3) is 70.9 Å². The van der Waals surface area contributed by atoms with Gasteiger partial charge in [0.25, 0.3) is 0 Å². The van der Waals surface area contributed by atoms with Crippen LogP contribution < -0.4 is 9.80 Å². The minimum absolute atomic E-state index is 0.440. The van der Waals surface area contributed by atoms with Crippen LogP contribution in [0.15, 0.2) is 170 Å². The van der Waals surface area contributed by atoms with Crippen LogP contribution in [-0.2, 0) is 5.41 Å². The highest BCUT2D eigenvalue weighted by Crippen LogP contribution is 2.63. The summed E-state index contributed by atoms with van der Waals surface area (Å²) in [7, 11) is 4.33. The molecule has 61 heavy (non-hydrogen) atoms. The zero-order chi connectivity index (χ0) is 40.7. The molecule has 4 aliphatic rings. The fraction of sp³-hybridized carbons (Fsp3) is 0.0508. The standard InChI is InChI=1S/C59H42N2/c1-60-55-17-9-3-11-43(55)29-31-45-27-23-41(37-57(45)60)21-19-39-25-33-49-50-34-26-40(20-22-42-24-28-46-32-30-44-12-4-10-18-56(44)61(2)58(46)38-42)36-54(50)59(53(49)35-39)51-15-7-5-13-47(51)48-14-6-8-16-52(48)59/h3-38H,1-2H3. The Balaban J connectivity index is 0.943. The zero-order valence-corrected chi connectivity index (χ0v) is 34.2. The summed E-state index contributed by atoms with van der Waals surface area (Å²) in [4.78, 5) is 4.61. The SMILES string of the molecule is CN1c2ccccc2C=Cc2ccc(C=Cc3ccc4c(c3)C3(c5ccccc5-c5ccccc53)c3cc(C=Cc5ccc6c(c5)N(C)c5ccccc5C=C6)ccc3-4)cc21. The van der Waals surface area contributed by atoms with Crippen LogP contribution in [0.2, 0.25) is 0 Å². The number of nitrogens with zero attached hydrogens (tertiary/aromatic N) is 2. The molecule has 8 aromatic rings. The van der Waals surface area contributed by atoms with E-state index < -0.39 is 5.41 Å². The second-order valence-electron chi connectivity index (χ2n) is 16.7. The van der Waals surface area contributed by atoms with Crippen LogP contribution in [0.3, 0.4) is 0 Å². The Kier molecular flexibility index (Phi) is 7.92. The van der Waals surface area contributed by atoms with Gasteiger partial charge in [0.1, 0.15) is 0 Å². The number of anilines is 4. The summed E-state index contributed by atoms with van der Waals surface area (Å²) in [6.45, 7) is 0. The fourth-order valence-electron chi connectivity index (χ4n) is 10.4. The molecule has 288 valence electrons. The lowest BCUT2D eigenvalue weighted by molar-refractivity contribution is 0.793. The van der Waals surface area contributed by atoms with Crippen LogP contribution in [0, 0.1) is 0 Å². The van der Waals surface area contributed by atoms with Crippen molar-refractivity contribution < 1.29 is 0 Å². The highest BCUT2D eigenvalue weighted by atomic mass is 15.1. The van der Waals surface area contributed by atoms with Gasteiger partial charge in [-0.2, -0.15) is 0 Å². The summed E-state index contributed by atoms with van der Waals surface area (Å²) >= 11 is 0. The third-order valence-electron chi connectivity index (χ3n) is 13.4. The summed E-state index contributed by atoms with van der Waals surface area (Å²) in [5, 5.41) is 0. The predicted octanol–water partition coefficient (Wildman–Crippen LogP) is 14.9. The monoisotopic (exact) mass is 778 g/mol. The maximum atomic E-state index is 2.45. The summed E-state index contributed by atoms with van der Waals surface area (Å²) in [6.07, 6.45) is 18.0. The molecule has 0 radical (unpaired) electrons. The fourth-order valence-corrected chi connectivity index (χ4v) is 10.4. The lowest BCUT2D eigenvalue weighted by Gasteiger charge is -2.30. The number of hydrogen-bond acceptors (Lipinski definition) is 2. The first-order valence-corrected chi connectivity index (χ1v) is 21.2. The molecule has 0 saturated carbocycles. The number of benzene rings is 8. The average Bonchev–Trinajstić information content (AvgIpc) is 3.66. The van der Waals surface area contributed by atoms with Gasteiger partial charge in [-0.25, -0.2) is 0 Å². The Morgan fingerprint density at radius 2 is 0.656 bits per heavy atom. The van der Waals surface area contributed by atoms with E-state index in [1.807, 2.05) is 0 Å². The van der Waals surface area contributed by atoms with E-state index in [9.17, 15) is 0 Å². The van der Waals surface area contributed by atoms with Gasteiger partial charge in [0.05, 0.1) is 5.41 Å². The van der Waals surface area contributed by atoms with E-state index in [0.29, 0.717) is 0 Å². The van der Waals surface area contributed by atoms with Crippen molar-refractivity contribution in [3.63, 3.8) is 0 Å². The van der Waals surface area contributed by atoms with Crippen LogP contribution >= 0.6 is 0 Å². The number of para-hydroxylation sites is 2. The summed E-state index contributed by atoms with van der Waals surface area (Å²) in [5.74, 6) is 0. The minimum Gasteiger partial charge on any atom is -0.344 e. The van der Waals surface area contributed by atoms with E-state index in [-0.39, 0.29) is 0 Å². The lowest BCUT2D eigenvalue weighted by Crippen LogP contribution is -2.26. The maximum Gasteiger partial charge on any atom is 0.0725 e. The van der Waals surface area contributed by atoms with Crippen molar-refractivity contribution in [1.29, 1.82) is 0 Å². The Labute approximate surface area is 358 Å². The molecule has 2 aliphatic carbocycles. The van der Waals surface area contributed by atoms with Gasteiger partial charge in [-0.3, -0.25) is 0 Å². The third kappa shape index (κ3) is 5.42. The first-order chi connectivity index (χ1) is 30.0. The van der Waals surface area contributed by atoms with Crippen molar-refractivity contribution in [3.05, 3.63) is 237 Å². The molecule has 0 amide bonds. The van der Waals surface area contributed by atoms with Crippen molar-refractivity contribution in [2.24, 2.45) is 0 Å². The van der Waals surface area contributed by atoms with Crippen LogP contribution in [-0.4, -0.2) is 14.1 Å². The van der Waals surface area contributed by atoms with Crippen molar-refractivity contribution in [1.82, 2.24) is 0 Å². The maximum absolute atomic E-state index is 2.45. The smallest absolute Gasteiger partial charge is 0.0725 e. The van der Waals surface area contributed by atoms with Gasteiger partial charge in [-0.1, -0.05) is 182 Å². The van der Waals surface area contributed by atoms with Gasteiger partial charge in [0.15, 0.2) is 0 Å². The molecule has 0 aromatic heterocycles. The van der Waals surface area contributed by atoms with E-state index in [0.717, 1.165) is 0 Å². The highest BCUT2D eigenvalue weighted by molar-refractivity contribution is 5.97. The van der Waals surface area contributed by atoms with Gasteiger partial charge in [-0.05, 0) is 125 Å². The Bertz CT molecular complexity index is 3030. The summed E-state index contributed by atoms with van der Waals surface area (Å²) < 4.78 is 0. The number of hydrogen-bond donors (Lipinski definition) is 0. The molecular formula is C59H42N2. The molecule has 2 aliphatic heterocycles. The molecule has 0 bridgehead atoms. The van der Waals surface area contributed by atoms with Crippen molar-refractivity contribution in [2.75, 3.05) is 23.9 Å². The predicted molar refractivity (Wildman–Crippen MR) is 260 cm³/mol. The molecule has 0 fully saturated rings. The van der Waals surface area contributed by atoms with Crippen LogP contribution in [0.4, 0.5) is 22.7 Å². The lowest BCUT2D eigenvalue weighted by atomic mass is 9.70. The Morgan fingerprint density at radius 1 is 0.311 bits per heavy atom. The van der Waals surface area contributed by atoms with Gasteiger partial charge < -0.3 is 9.80 Å². The molecule has 0 saturated heterocycles. The number of fused-ring (bicyclic) bond motifs is 14. The van der Waals surface area contributed by atoms with E-state index in [4.69, 9.17) is 0 Å². The van der Waals surface area contributed by atoms with E-state index >= 15 is 0 Å². The molecule has 2 heteroatoms. The van der Waals surface area contributed by atoms with Gasteiger partial charge in [0.2, 0.25) is 0 Å². The van der Waals surface area contributed by atoms with Gasteiger partial charge >= 0.3 is 0 Å². The van der Waals surface area contributed by atoms with Crippen molar-refractivity contribution >= 4 is 71.4 Å². The molecule has 2 heterocycles. The summed E-state index contributed by atoms with van der Waals surface area (Å²) in [6, 6.07) is 63.0. The summed E-state index contributed by atoms with van der Waals surface area (Å²) in [5.41, 5.74) is 24.6. The van der Waals surface area contributed by atoms with Gasteiger partial charge in [-0.15, -0.1) is 0 Å². The largest absolute Gasteiger partial charge is 0.344 e. The minimum atomic E-state index is -0.440. The second-order valence-corrected chi connectivity index (χ2v) is 16.7. The van der Waals surface area contributed by atoms with E-state index in [1.165, 1.54) is 112 Å². The molecule has 0 N–H and O–H groups in total. The van der Waals surface area contributed by atoms with Crippen molar-refractivity contribution in [2.45, 2.75) is 5.41 Å². The van der Waals surface area contributed by atoms with E-state index in [2.05, 4.69) is 242 Å². The topological polar surface area (TPSA) is 6.48 Å². The quantitative estimate of drug-likeness (QED) is 0.164. The van der Waals surface area contributed by atoms with Crippen LogP contribution in [0.1, 0.15) is 66.8 Å². The third-order valence-corrected chi connectivity index (χ3v) is 13.4. The first kappa shape index (κ1) is 35.3. The molecule has 1 spiro atoms. The van der Waals surface area contributed by atoms with Gasteiger partial charge in [0, 0.05) is 36.8 Å². The first-order valence-electron chi connectivity index (χ1n) is 21.2. The molecule has 12 rings (SSSR count). The molecule has 2 nitrogen and oxygen atoms in total. The highest BCUT2D eigenvalue weighted by Gasteiger charge is 2.51. The van der Waals surface area contributed by atoms with E-state index in [1.54, 1.807) is 0 Å². The second kappa shape index (κ2) is 13.7. The molecule has 0 atom stereocenters. The normalized spacial score (nSPS) is 14.5. The average molecular weight is 779 g/mol. The van der Waals surface area contributed by atoms with Crippen LogP contribution in [0.5, 0.6) is 0 Å². The number of rotatable bonds is 4. The zero-order valence-electron chi connectivity index (χ0n) is 34.2. The molecule has 0 unspecified atom stereocenters. The Hall–Kier alpha value is -7.68. The van der Waals surface area contributed by atoms with Crippen molar-refractivity contribution in [3.8, 4) is 22.3 Å². The molecule has 8 aromatic carbocycles. The molecular weight excluding hydrogens is 737 g/mol. The Morgan fingerprint density at radius 3 is 1.11 bits per heavy atom.